The first-order chi connectivity index (χ1) is 8.00. The molecule has 17 heavy (non-hydrogen) atoms. The van der Waals surface area contributed by atoms with Gasteiger partial charge < -0.3 is 10.5 Å². The molecule has 0 bridgehead atoms. The summed E-state index contributed by atoms with van der Waals surface area (Å²) in [6, 6.07) is 0. The molecule has 0 radical (unpaired) electrons. The van der Waals surface area contributed by atoms with Crippen LogP contribution < -0.4 is 10.5 Å². The summed E-state index contributed by atoms with van der Waals surface area (Å²) in [5.41, 5.74) is 5.08. The maximum Gasteiger partial charge on any atom is 0.207 e. The van der Waals surface area contributed by atoms with E-state index in [0.29, 0.717) is 0 Å². The molecule has 0 heterocycles. The Bertz CT molecular complexity index is 418. The van der Waals surface area contributed by atoms with Gasteiger partial charge in [0.1, 0.15) is 6.61 Å². The van der Waals surface area contributed by atoms with Gasteiger partial charge in [0, 0.05) is 6.54 Å². The van der Waals surface area contributed by atoms with Crippen molar-refractivity contribution in [1.82, 2.24) is 0 Å². The Balaban J connectivity index is 3.03. The van der Waals surface area contributed by atoms with Gasteiger partial charge in [-0.3, -0.25) is 0 Å². The van der Waals surface area contributed by atoms with Gasteiger partial charge in [0.05, 0.1) is 0 Å². The lowest BCUT2D eigenvalue weighted by molar-refractivity contribution is 0.287. The summed E-state index contributed by atoms with van der Waals surface area (Å²) in [5.74, 6) is -11.6. The highest BCUT2D eigenvalue weighted by Gasteiger charge is 2.26. The number of rotatable bonds is 4. The van der Waals surface area contributed by atoms with E-state index in [9.17, 15) is 22.0 Å². The van der Waals surface area contributed by atoms with Crippen molar-refractivity contribution in [2.75, 3.05) is 13.2 Å². The zero-order valence-corrected chi connectivity index (χ0v) is 8.44. The van der Waals surface area contributed by atoms with Crippen LogP contribution in [-0.2, 0) is 0 Å². The predicted octanol–water partition coefficient (Wildman–Crippen LogP) is 2.28. The number of halogens is 5. The summed E-state index contributed by atoms with van der Waals surface area (Å²) in [5, 5.41) is 0. The Morgan fingerprint density at radius 2 is 1.29 bits per heavy atom. The molecule has 0 spiro atoms. The van der Waals surface area contributed by atoms with Crippen molar-refractivity contribution in [3.8, 4) is 5.75 Å². The normalized spacial score (nSPS) is 11.2. The standard InChI is InChI=1S/C10H8F5NO/c11-5-6(12)8(14)10(9(15)7(5)13)17-4-2-1-3-16/h1-2H,3-4,16H2. The molecule has 0 aromatic heterocycles. The van der Waals surface area contributed by atoms with Crippen LogP contribution in [0.2, 0.25) is 0 Å². The van der Waals surface area contributed by atoms with Gasteiger partial charge in [0.25, 0.3) is 0 Å². The maximum atomic E-state index is 13.0. The van der Waals surface area contributed by atoms with Crippen LogP contribution in [-0.4, -0.2) is 13.2 Å². The van der Waals surface area contributed by atoms with Crippen molar-refractivity contribution < 1.29 is 26.7 Å². The summed E-state index contributed by atoms with van der Waals surface area (Å²) in [7, 11) is 0. The van der Waals surface area contributed by atoms with E-state index in [4.69, 9.17) is 5.73 Å². The van der Waals surface area contributed by atoms with Gasteiger partial charge in [-0.05, 0) is 0 Å². The molecule has 0 saturated heterocycles. The summed E-state index contributed by atoms with van der Waals surface area (Å²) in [4.78, 5) is 0. The second-order valence-corrected chi connectivity index (χ2v) is 2.92. The van der Waals surface area contributed by atoms with Crippen molar-refractivity contribution in [3.63, 3.8) is 0 Å². The maximum absolute atomic E-state index is 13.0. The van der Waals surface area contributed by atoms with E-state index in [2.05, 4.69) is 4.74 Å². The minimum absolute atomic E-state index is 0.167. The number of ether oxygens (including phenoxy) is 1. The van der Waals surface area contributed by atoms with E-state index in [1.807, 2.05) is 0 Å². The van der Waals surface area contributed by atoms with Gasteiger partial charge in [-0.25, -0.2) is 13.2 Å². The van der Waals surface area contributed by atoms with Gasteiger partial charge >= 0.3 is 0 Å². The molecule has 2 N–H and O–H groups in total. The molecule has 0 atom stereocenters. The van der Waals surface area contributed by atoms with Gasteiger partial charge in [-0.1, -0.05) is 12.2 Å². The van der Waals surface area contributed by atoms with E-state index in [1.54, 1.807) is 0 Å². The molecule has 1 aromatic rings. The van der Waals surface area contributed by atoms with Crippen LogP contribution in [0.5, 0.6) is 5.75 Å². The van der Waals surface area contributed by atoms with Crippen LogP contribution in [0, 0.1) is 29.1 Å². The average Bonchev–Trinajstić information content (AvgIpc) is 2.33. The Morgan fingerprint density at radius 3 is 1.76 bits per heavy atom. The van der Waals surface area contributed by atoms with Crippen LogP contribution in [0.25, 0.3) is 0 Å². The van der Waals surface area contributed by atoms with E-state index >= 15 is 0 Å². The Morgan fingerprint density at radius 1 is 0.824 bits per heavy atom. The Labute approximate surface area is 93.5 Å². The molecule has 0 amide bonds. The lowest BCUT2D eigenvalue weighted by Crippen LogP contribution is -2.07. The largest absolute Gasteiger partial charge is 0.483 e. The molecule has 7 heteroatoms. The molecule has 1 aromatic carbocycles. The summed E-state index contributed by atoms with van der Waals surface area (Å²) >= 11 is 0. The third-order valence-electron chi connectivity index (χ3n) is 1.80. The highest BCUT2D eigenvalue weighted by atomic mass is 19.2. The number of hydrogen-bond donors (Lipinski definition) is 1. The summed E-state index contributed by atoms with van der Waals surface area (Å²) < 4.78 is 68.5. The van der Waals surface area contributed by atoms with Crippen molar-refractivity contribution in [2.45, 2.75) is 0 Å². The number of hydrogen-bond acceptors (Lipinski definition) is 2. The molecule has 0 unspecified atom stereocenters. The number of nitrogens with two attached hydrogens (primary N) is 1. The molecular weight excluding hydrogens is 245 g/mol. The lowest BCUT2D eigenvalue weighted by atomic mass is 10.2. The van der Waals surface area contributed by atoms with E-state index in [-0.39, 0.29) is 13.2 Å². The topological polar surface area (TPSA) is 35.2 Å². The molecule has 0 fully saturated rings. The molecular formula is C10H8F5NO. The molecule has 0 aliphatic rings. The third kappa shape index (κ3) is 2.73. The van der Waals surface area contributed by atoms with Crippen LogP contribution in [0.3, 0.4) is 0 Å². The molecule has 0 saturated carbocycles. The minimum atomic E-state index is -2.22. The molecule has 0 aliphatic heterocycles. The van der Waals surface area contributed by atoms with E-state index in [0.717, 1.165) is 0 Å². The fraction of sp³-hybridized carbons (Fsp3) is 0.200. The average molecular weight is 253 g/mol. The monoisotopic (exact) mass is 253 g/mol. The Kier molecular flexibility index (Phi) is 4.45. The van der Waals surface area contributed by atoms with Gasteiger partial charge in [0.15, 0.2) is 5.75 Å². The fourth-order valence-corrected chi connectivity index (χ4v) is 1.01. The quantitative estimate of drug-likeness (QED) is 0.386. The first-order valence-electron chi connectivity index (χ1n) is 4.50. The van der Waals surface area contributed by atoms with Crippen molar-refractivity contribution in [1.29, 1.82) is 0 Å². The van der Waals surface area contributed by atoms with Gasteiger partial charge in [0.2, 0.25) is 29.1 Å². The van der Waals surface area contributed by atoms with Gasteiger partial charge in [-0.2, -0.15) is 8.78 Å². The minimum Gasteiger partial charge on any atom is -0.483 e. The van der Waals surface area contributed by atoms with E-state index < -0.39 is 34.8 Å². The van der Waals surface area contributed by atoms with Gasteiger partial charge in [-0.15, -0.1) is 0 Å². The number of benzene rings is 1. The second kappa shape index (κ2) is 5.62. The van der Waals surface area contributed by atoms with Crippen molar-refractivity contribution in [3.05, 3.63) is 41.2 Å². The molecule has 2 nitrogen and oxygen atoms in total. The van der Waals surface area contributed by atoms with Crippen LogP contribution in [0.4, 0.5) is 22.0 Å². The lowest BCUT2D eigenvalue weighted by Gasteiger charge is -2.08. The van der Waals surface area contributed by atoms with Crippen LogP contribution >= 0.6 is 0 Å². The first kappa shape index (κ1) is 13.4. The van der Waals surface area contributed by atoms with Crippen LogP contribution in [0.15, 0.2) is 12.2 Å². The highest BCUT2D eigenvalue weighted by molar-refractivity contribution is 5.29. The predicted molar refractivity (Wildman–Crippen MR) is 49.9 cm³/mol. The molecule has 0 aliphatic carbocycles. The fourth-order valence-electron chi connectivity index (χ4n) is 1.01. The SMILES string of the molecule is NCC=CCOc1c(F)c(F)c(F)c(F)c1F. The van der Waals surface area contributed by atoms with Crippen LogP contribution in [0.1, 0.15) is 0 Å². The summed E-state index contributed by atoms with van der Waals surface area (Å²) in [6.45, 7) is -0.185. The first-order valence-corrected chi connectivity index (χ1v) is 4.50. The molecule has 1 rings (SSSR count). The summed E-state index contributed by atoms with van der Waals surface area (Å²) in [6.07, 6.45) is 2.70. The second-order valence-electron chi connectivity index (χ2n) is 2.92. The highest BCUT2D eigenvalue weighted by Crippen LogP contribution is 2.28. The van der Waals surface area contributed by atoms with Crippen molar-refractivity contribution >= 4 is 0 Å². The van der Waals surface area contributed by atoms with E-state index in [1.165, 1.54) is 12.2 Å². The third-order valence-corrected chi connectivity index (χ3v) is 1.80. The Hall–Kier alpha value is -1.63. The smallest absolute Gasteiger partial charge is 0.207 e. The zero-order chi connectivity index (χ0) is 13.0. The molecule has 94 valence electrons. The zero-order valence-electron chi connectivity index (χ0n) is 8.44. The van der Waals surface area contributed by atoms with Crippen molar-refractivity contribution in [2.24, 2.45) is 5.73 Å².